The van der Waals surface area contributed by atoms with Crippen LogP contribution in [-0.4, -0.2) is 20.8 Å². The largest absolute Gasteiger partial charge is 0.268 e. The minimum Gasteiger partial charge on any atom is -0.268 e. The minimum atomic E-state index is -0.243. The molecule has 0 fully saturated rings. The molecule has 0 spiro atoms. The molecule has 2 rings (SSSR count). The number of halogens is 1. The lowest BCUT2D eigenvalue weighted by atomic mass is 10.2. The predicted octanol–water partition coefficient (Wildman–Crippen LogP) is 1.82. The lowest BCUT2D eigenvalue weighted by Gasteiger charge is -1.99. The van der Waals surface area contributed by atoms with E-state index in [-0.39, 0.29) is 5.91 Å². The monoisotopic (exact) mass is 292 g/mol. The number of rotatable bonds is 3. The number of nitrogens with one attached hydrogen (secondary N) is 1. The van der Waals surface area contributed by atoms with Gasteiger partial charge in [0.2, 0.25) is 0 Å². The molecule has 0 radical (unpaired) electrons. The maximum absolute atomic E-state index is 11.5. The molecule has 1 aromatic carbocycles. The van der Waals surface area contributed by atoms with Crippen LogP contribution in [0.1, 0.15) is 5.56 Å². The third-order valence-corrected chi connectivity index (χ3v) is 2.48. The van der Waals surface area contributed by atoms with Gasteiger partial charge in [-0.15, -0.1) is 10.2 Å². The van der Waals surface area contributed by atoms with E-state index < -0.39 is 0 Å². The molecule has 0 aliphatic rings. The molecule has 0 aliphatic heterocycles. The molecule has 0 aliphatic carbocycles. The van der Waals surface area contributed by atoms with Gasteiger partial charge >= 0.3 is 0 Å². The molecule has 1 heterocycles. The van der Waals surface area contributed by atoms with Gasteiger partial charge in [-0.05, 0) is 23.8 Å². The molecule has 0 atom stereocenters. The van der Waals surface area contributed by atoms with E-state index in [1.54, 1.807) is 6.08 Å². The van der Waals surface area contributed by atoms with Crippen LogP contribution in [0.5, 0.6) is 0 Å². The Bertz CT molecular complexity index is 519. The Morgan fingerprint density at radius 1 is 1.24 bits per heavy atom. The number of carbonyl (C=O) groups excluding carboxylic acids is 1. The minimum absolute atomic E-state index is 0.243. The highest BCUT2D eigenvalue weighted by Crippen LogP contribution is 2.11. The van der Waals surface area contributed by atoms with Gasteiger partial charge in [-0.25, -0.2) is 4.68 Å². The molecular formula is C11H9BrN4O. The first kappa shape index (κ1) is 11.5. The zero-order chi connectivity index (χ0) is 12.1. The van der Waals surface area contributed by atoms with E-state index >= 15 is 0 Å². The summed E-state index contributed by atoms with van der Waals surface area (Å²) in [5.74, 6) is -0.243. The number of nitrogens with zero attached hydrogens (tertiary/aromatic N) is 3. The van der Waals surface area contributed by atoms with Crippen molar-refractivity contribution < 1.29 is 4.79 Å². The molecule has 1 aromatic heterocycles. The molecule has 1 amide bonds. The van der Waals surface area contributed by atoms with Crippen LogP contribution in [0.4, 0.5) is 0 Å². The van der Waals surface area contributed by atoms with Crippen LogP contribution < -0.4 is 5.43 Å². The van der Waals surface area contributed by atoms with Gasteiger partial charge < -0.3 is 0 Å². The van der Waals surface area contributed by atoms with E-state index in [0.717, 1.165) is 10.0 Å². The standard InChI is InChI=1S/C11H9BrN4O/c12-10-4-1-9(2-5-10)3-6-11(17)15-16-7-13-14-8-16/h1-8H,(H,15,17). The maximum Gasteiger partial charge on any atom is 0.262 e. The summed E-state index contributed by atoms with van der Waals surface area (Å²) in [4.78, 5) is 11.5. The normalized spacial score (nSPS) is 10.6. The van der Waals surface area contributed by atoms with Crippen LogP contribution in [-0.2, 0) is 4.79 Å². The van der Waals surface area contributed by atoms with Gasteiger partial charge in [-0.2, -0.15) is 0 Å². The summed E-state index contributed by atoms with van der Waals surface area (Å²) in [6, 6.07) is 7.65. The predicted molar refractivity (Wildman–Crippen MR) is 67.6 cm³/mol. The van der Waals surface area contributed by atoms with E-state index in [0.29, 0.717) is 0 Å². The zero-order valence-corrected chi connectivity index (χ0v) is 10.3. The van der Waals surface area contributed by atoms with Gasteiger partial charge in [0.25, 0.3) is 5.91 Å². The SMILES string of the molecule is O=C(C=Cc1ccc(Br)cc1)Nn1cnnc1. The number of carbonyl (C=O) groups is 1. The Morgan fingerprint density at radius 3 is 2.53 bits per heavy atom. The number of hydrogen-bond donors (Lipinski definition) is 1. The van der Waals surface area contributed by atoms with Crippen LogP contribution in [0.2, 0.25) is 0 Å². The van der Waals surface area contributed by atoms with Crippen LogP contribution in [0.3, 0.4) is 0 Å². The fourth-order valence-corrected chi connectivity index (χ4v) is 1.43. The second-order valence-electron chi connectivity index (χ2n) is 3.23. The summed E-state index contributed by atoms with van der Waals surface area (Å²) in [7, 11) is 0. The van der Waals surface area contributed by atoms with Gasteiger partial charge in [-0.3, -0.25) is 10.2 Å². The van der Waals surface area contributed by atoms with Crippen molar-refractivity contribution in [2.75, 3.05) is 5.43 Å². The van der Waals surface area contributed by atoms with E-state index in [9.17, 15) is 4.79 Å². The van der Waals surface area contributed by atoms with Crippen molar-refractivity contribution in [3.8, 4) is 0 Å². The molecule has 86 valence electrons. The van der Waals surface area contributed by atoms with Gasteiger partial charge in [0.1, 0.15) is 12.7 Å². The van der Waals surface area contributed by atoms with E-state index in [2.05, 4.69) is 31.6 Å². The summed E-state index contributed by atoms with van der Waals surface area (Å²) in [5.41, 5.74) is 3.51. The molecular weight excluding hydrogens is 284 g/mol. The van der Waals surface area contributed by atoms with E-state index in [1.165, 1.54) is 23.4 Å². The van der Waals surface area contributed by atoms with Gasteiger partial charge in [0.15, 0.2) is 0 Å². The Hall–Kier alpha value is -1.95. The number of amides is 1. The lowest BCUT2D eigenvalue weighted by Crippen LogP contribution is -2.18. The molecule has 0 bridgehead atoms. The quantitative estimate of drug-likeness (QED) is 0.878. The first-order chi connectivity index (χ1) is 8.24. The van der Waals surface area contributed by atoms with Crippen molar-refractivity contribution in [1.82, 2.24) is 14.9 Å². The average molecular weight is 293 g/mol. The van der Waals surface area contributed by atoms with Crippen LogP contribution in [0.25, 0.3) is 6.08 Å². The smallest absolute Gasteiger partial charge is 0.262 e. The van der Waals surface area contributed by atoms with Crippen LogP contribution >= 0.6 is 15.9 Å². The van der Waals surface area contributed by atoms with Gasteiger partial charge in [0.05, 0.1) is 0 Å². The topological polar surface area (TPSA) is 59.8 Å². The second kappa shape index (κ2) is 5.40. The van der Waals surface area contributed by atoms with Crippen molar-refractivity contribution in [1.29, 1.82) is 0 Å². The highest BCUT2D eigenvalue weighted by Gasteiger charge is 1.96. The summed E-state index contributed by atoms with van der Waals surface area (Å²) >= 11 is 3.34. The Morgan fingerprint density at radius 2 is 1.88 bits per heavy atom. The lowest BCUT2D eigenvalue weighted by molar-refractivity contribution is -0.112. The third-order valence-electron chi connectivity index (χ3n) is 1.96. The fourth-order valence-electron chi connectivity index (χ4n) is 1.17. The van der Waals surface area contributed by atoms with E-state index in [4.69, 9.17) is 0 Å². The third kappa shape index (κ3) is 3.53. The molecule has 5 nitrogen and oxygen atoms in total. The molecule has 6 heteroatoms. The first-order valence-corrected chi connectivity index (χ1v) is 5.62. The molecule has 0 saturated carbocycles. The number of aromatic nitrogens is 3. The van der Waals surface area contributed by atoms with Crippen LogP contribution in [0, 0.1) is 0 Å². The molecule has 2 aromatic rings. The summed E-state index contributed by atoms with van der Waals surface area (Å²) in [6.07, 6.45) is 5.99. The average Bonchev–Trinajstić information content (AvgIpc) is 2.81. The Kier molecular flexibility index (Phi) is 3.66. The first-order valence-electron chi connectivity index (χ1n) is 4.83. The molecule has 1 N–H and O–H groups in total. The molecule has 0 saturated heterocycles. The van der Waals surface area contributed by atoms with Gasteiger partial charge in [-0.1, -0.05) is 28.1 Å². The van der Waals surface area contributed by atoms with Crippen molar-refractivity contribution in [2.24, 2.45) is 0 Å². The second-order valence-corrected chi connectivity index (χ2v) is 4.15. The van der Waals surface area contributed by atoms with Crippen molar-refractivity contribution in [2.45, 2.75) is 0 Å². The maximum atomic E-state index is 11.5. The Labute approximate surface area is 106 Å². The summed E-state index contributed by atoms with van der Waals surface area (Å²) in [6.45, 7) is 0. The highest BCUT2D eigenvalue weighted by atomic mass is 79.9. The molecule has 17 heavy (non-hydrogen) atoms. The summed E-state index contributed by atoms with van der Waals surface area (Å²) in [5, 5.41) is 7.14. The van der Waals surface area contributed by atoms with Crippen molar-refractivity contribution in [3.05, 3.63) is 53.0 Å². The van der Waals surface area contributed by atoms with Crippen molar-refractivity contribution >= 4 is 27.9 Å². The Balaban J connectivity index is 1.96. The van der Waals surface area contributed by atoms with E-state index in [1.807, 2.05) is 24.3 Å². The zero-order valence-electron chi connectivity index (χ0n) is 8.75. The highest BCUT2D eigenvalue weighted by molar-refractivity contribution is 9.10. The van der Waals surface area contributed by atoms with Gasteiger partial charge in [0, 0.05) is 10.5 Å². The molecule has 0 unspecified atom stereocenters. The number of hydrogen-bond acceptors (Lipinski definition) is 3. The fraction of sp³-hybridized carbons (Fsp3) is 0. The number of benzene rings is 1. The van der Waals surface area contributed by atoms with Crippen molar-refractivity contribution in [3.63, 3.8) is 0 Å². The summed E-state index contributed by atoms with van der Waals surface area (Å²) < 4.78 is 2.39. The van der Waals surface area contributed by atoms with Crippen LogP contribution in [0.15, 0.2) is 47.5 Å².